The lowest BCUT2D eigenvalue weighted by Gasteiger charge is -2.21. The molecule has 4 rings (SSSR count). The minimum Gasteiger partial charge on any atom is -0.496 e. The number of anilines is 1. The average molecular weight is 652 g/mol. The predicted octanol–water partition coefficient (Wildman–Crippen LogP) is 2.88. The minimum absolute atomic E-state index is 0.179. The molecule has 5 atom stereocenters. The summed E-state index contributed by atoms with van der Waals surface area (Å²) in [5, 5.41) is 0. The molecular formula is C22H31N5O12P2S. The third-order valence-electron chi connectivity index (χ3n) is 6.15. The Bertz CT molecular complexity index is 1450. The van der Waals surface area contributed by atoms with Gasteiger partial charge in [0.2, 0.25) is 0 Å². The van der Waals surface area contributed by atoms with Gasteiger partial charge in [-0.15, -0.1) is 11.8 Å². The molecule has 1 aromatic carbocycles. The molecule has 20 heteroatoms. The Morgan fingerprint density at radius 2 is 1.79 bits per heavy atom. The number of nitrogen functional groups attached to an aromatic ring is 1. The van der Waals surface area contributed by atoms with Crippen LogP contribution in [0.15, 0.2) is 24.8 Å². The van der Waals surface area contributed by atoms with Crippen molar-refractivity contribution >= 4 is 44.4 Å². The van der Waals surface area contributed by atoms with Gasteiger partial charge in [0.15, 0.2) is 11.5 Å². The molecule has 1 aliphatic rings. The zero-order chi connectivity index (χ0) is 30.5. The lowest BCUT2D eigenvalue weighted by Crippen LogP contribution is -2.29. The van der Waals surface area contributed by atoms with Gasteiger partial charge < -0.3 is 39.2 Å². The standard InChI is InChI=1S/C22H31N5O12P2S/c1-32-13-5-15(33-2)14(16(6-13)34-3)9-42-12-36-17-7-19(27-11-26-20-21(23)24-10-25-22(20)27)38-18(17)8-37-41(30,31)39-40(28,29)35-4/h5-6,10-11,17-19H,7-9,12H2,1-4H3,(H,28,29)(H,30,31)(H2,23,24,25)/t17-,18+,19+/m0/s1. The number of hydrogen-bond acceptors (Lipinski definition) is 15. The number of methoxy groups -OCH3 is 3. The van der Waals surface area contributed by atoms with Crippen LogP contribution in [0.2, 0.25) is 0 Å². The summed E-state index contributed by atoms with van der Waals surface area (Å²) < 4.78 is 67.4. The number of hydrogen-bond donors (Lipinski definition) is 3. The highest BCUT2D eigenvalue weighted by Crippen LogP contribution is 2.60. The fourth-order valence-electron chi connectivity index (χ4n) is 4.13. The van der Waals surface area contributed by atoms with Crippen molar-refractivity contribution in [2.24, 2.45) is 0 Å². The van der Waals surface area contributed by atoms with E-state index in [4.69, 9.17) is 33.9 Å². The molecule has 17 nitrogen and oxygen atoms in total. The van der Waals surface area contributed by atoms with Gasteiger partial charge in [0, 0.05) is 37.0 Å². The maximum atomic E-state index is 12.3. The van der Waals surface area contributed by atoms with Crippen LogP contribution in [0.5, 0.6) is 17.2 Å². The van der Waals surface area contributed by atoms with E-state index in [1.807, 2.05) is 0 Å². The van der Waals surface area contributed by atoms with Crippen molar-refractivity contribution in [3.8, 4) is 17.2 Å². The van der Waals surface area contributed by atoms with Gasteiger partial charge in [-0.25, -0.2) is 24.1 Å². The summed E-state index contributed by atoms with van der Waals surface area (Å²) >= 11 is 1.41. The number of aromatic nitrogens is 4. The van der Waals surface area contributed by atoms with E-state index in [2.05, 4.69) is 23.8 Å². The highest BCUT2D eigenvalue weighted by molar-refractivity contribution is 7.98. The zero-order valence-electron chi connectivity index (χ0n) is 23.0. The quantitative estimate of drug-likeness (QED) is 0.122. The predicted molar refractivity (Wildman–Crippen MR) is 149 cm³/mol. The van der Waals surface area contributed by atoms with Gasteiger partial charge in [0.25, 0.3) is 0 Å². The van der Waals surface area contributed by atoms with Gasteiger partial charge in [-0.05, 0) is 0 Å². The van der Waals surface area contributed by atoms with Crippen LogP contribution in [-0.4, -0.2) is 82.5 Å². The molecular weight excluding hydrogens is 620 g/mol. The summed E-state index contributed by atoms with van der Waals surface area (Å²) in [7, 11) is -4.33. The largest absolute Gasteiger partial charge is 0.496 e. The average Bonchev–Trinajstić information content (AvgIpc) is 3.58. The van der Waals surface area contributed by atoms with Crippen molar-refractivity contribution in [2.75, 3.05) is 46.7 Å². The Balaban J connectivity index is 1.47. The van der Waals surface area contributed by atoms with E-state index < -0.39 is 40.7 Å². The summed E-state index contributed by atoms with van der Waals surface area (Å²) in [5.41, 5.74) is 7.49. The normalized spacial score (nSPS) is 21.6. The van der Waals surface area contributed by atoms with E-state index in [-0.39, 0.29) is 18.2 Å². The molecule has 0 saturated carbocycles. The van der Waals surface area contributed by atoms with E-state index in [9.17, 15) is 18.9 Å². The second kappa shape index (κ2) is 13.9. The second-order valence-electron chi connectivity index (χ2n) is 8.63. The summed E-state index contributed by atoms with van der Waals surface area (Å²) in [6, 6.07) is 3.50. The Kier molecular flexibility index (Phi) is 10.7. The molecule has 1 fully saturated rings. The number of thioether (sulfide) groups is 1. The third-order valence-corrected chi connectivity index (χ3v) is 9.53. The molecule has 0 amide bonds. The van der Waals surface area contributed by atoms with Gasteiger partial charge in [-0.1, -0.05) is 0 Å². The lowest BCUT2D eigenvalue weighted by atomic mass is 10.2. The van der Waals surface area contributed by atoms with E-state index in [0.717, 1.165) is 12.7 Å². The molecule has 0 radical (unpaired) electrons. The van der Waals surface area contributed by atoms with E-state index in [0.29, 0.717) is 34.2 Å². The van der Waals surface area contributed by atoms with Crippen LogP contribution < -0.4 is 19.9 Å². The van der Waals surface area contributed by atoms with Crippen LogP contribution in [0, 0.1) is 0 Å². The van der Waals surface area contributed by atoms with Crippen molar-refractivity contribution in [1.82, 2.24) is 19.5 Å². The number of fused-ring (bicyclic) bond motifs is 1. The first-order chi connectivity index (χ1) is 20.0. The third kappa shape index (κ3) is 7.71. The molecule has 0 aliphatic carbocycles. The van der Waals surface area contributed by atoms with Crippen LogP contribution in [0.4, 0.5) is 5.82 Å². The number of ether oxygens (including phenoxy) is 5. The first-order valence-electron chi connectivity index (χ1n) is 12.1. The van der Waals surface area contributed by atoms with Gasteiger partial charge in [-0.3, -0.25) is 13.6 Å². The molecule has 1 saturated heterocycles. The number of rotatable bonds is 15. The van der Waals surface area contributed by atoms with Gasteiger partial charge >= 0.3 is 15.6 Å². The van der Waals surface area contributed by atoms with Gasteiger partial charge in [-0.2, -0.15) is 4.31 Å². The van der Waals surface area contributed by atoms with E-state index in [1.165, 1.54) is 24.4 Å². The molecule has 0 spiro atoms. The van der Waals surface area contributed by atoms with Crippen molar-refractivity contribution < 1.29 is 56.0 Å². The highest BCUT2D eigenvalue weighted by atomic mass is 32.2. The second-order valence-corrected chi connectivity index (χ2v) is 12.7. The summed E-state index contributed by atoms with van der Waals surface area (Å²) in [6.45, 7) is -0.521. The molecule has 3 heterocycles. The monoisotopic (exact) mass is 651 g/mol. The van der Waals surface area contributed by atoms with E-state index >= 15 is 0 Å². The maximum Gasteiger partial charge on any atom is 0.481 e. The molecule has 2 aromatic heterocycles. The number of imidazole rings is 1. The van der Waals surface area contributed by atoms with Crippen LogP contribution in [0.25, 0.3) is 11.2 Å². The van der Waals surface area contributed by atoms with E-state index in [1.54, 1.807) is 38.0 Å². The molecule has 0 bridgehead atoms. The number of nitrogens with zero attached hydrogens (tertiary/aromatic N) is 4. The Labute approximate surface area is 244 Å². The van der Waals surface area contributed by atoms with Gasteiger partial charge in [0.1, 0.15) is 41.4 Å². The topological polar surface area (TPSA) is 218 Å². The molecule has 1 aliphatic heterocycles. The number of benzene rings is 1. The SMILES string of the molecule is COc1cc(OC)c(CSCO[C@H]2C[C@H](n3cnc4c(N)ncnc43)O[C@@H]2COP(=O)(O)OP(=O)(O)OC)c(OC)c1. The van der Waals surface area contributed by atoms with Crippen LogP contribution >= 0.6 is 27.4 Å². The van der Waals surface area contributed by atoms with Crippen LogP contribution in [-0.2, 0) is 37.7 Å². The van der Waals surface area contributed by atoms with Gasteiger partial charge in [0.05, 0.1) is 46.3 Å². The van der Waals surface area contributed by atoms with Crippen molar-refractivity contribution in [3.63, 3.8) is 0 Å². The van der Waals surface area contributed by atoms with Crippen molar-refractivity contribution in [3.05, 3.63) is 30.4 Å². The molecule has 3 aromatic rings. The Morgan fingerprint density at radius 1 is 1.07 bits per heavy atom. The van der Waals surface area contributed by atoms with Crippen molar-refractivity contribution in [2.45, 2.75) is 30.6 Å². The fourth-order valence-corrected chi connectivity index (χ4v) is 6.81. The smallest absolute Gasteiger partial charge is 0.481 e. The summed E-state index contributed by atoms with van der Waals surface area (Å²) in [5.74, 6) is 2.57. The summed E-state index contributed by atoms with van der Waals surface area (Å²) in [6.07, 6.45) is 0.825. The summed E-state index contributed by atoms with van der Waals surface area (Å²) in [4.78, 5) is 31.8. The molecule has 232 valence electrons. The van der Waals surface area contributed by atoms with Crippen LogP contribution in [0.1, 0.15) is 18.2 Å². The molecule has 4 N–H and O–H groups in total. The first-order valence-corrected chi connectivity index (χ1v) is 16.3. The zero-order valence-corrected chi connectivity index (χ0v) is 25.6. The Morgan fingerprint density at radius 3 is 2.43 bits per heavy atom. The van der Waals surface area contributed by atoms with Crippen LogP contribution in [0.3, 0.4) is 0 Å². The van der Waals surface area contributed by atoms with Crippen molar-refractivity contribution in [1.29, 1.82) is 0 Å². The number of nitrogens with two attached hydrogens (primary N) is 1. The minimum atomic E-state index is -5.01. The molecule has 42 heavy (non-hydrogen) atoms. The number of phosphoric ester groups is 2. The fraction of sp³-hybridized carbons (Fsp3) is 0.500. The lowest BCUT2D eigenvalue weighted by molar-refractivity contribution is -0.0523. The first kappa shape index (κ1) is 32.4. The maximum absolute atomic E-state index is 12.3. The molecule has 2 unspecified atom stereocenters. The Hall–Kier alpha value is -2.50. The number of phosphoric acid groups is 2. The highest BCUT2D eigenvalue weighted by Gasteiger charge is 2.41.